The molecule has 30 heavy (non-hydrogen) atoms. The van der Waals surface area contributed by atoms with Gasteiger partial charge in [0.1, 0.15) is 0 Å². The van der Waals surface area contributed by atoms with E-state index >= 15 is 0 Å². The van der Waals surface area contributed by atoms with Gasteiger partial charge in [0.05, 0.1) is 59.5 Å². The lowest BCUT2D eigenvalue weighted by atomic mass is 10.0. The lowest BCUT2D eigenvalue weighted by Gasteiger charge is -2.34. The molecule has 0 bridgehead atoms. The number of β-amino-alcohol motifs (C(OH)–C–C–N with tert-alkyl or cyclic N) is 1. The molecular weight excluding hydrogens is 406 g/mol. The quantitative estimate of drug-likeness (QED) is 0.496. The van der Waals surface area contributed by atoms with E-state index in [0.29, 0.717) is 18.9 Å². The van der Waals surface area contributed by atoms with E-state index in [4.69, 9.17) is 0 Å². The van der Waals surface area contributed by atoms with Gasteiger partial charge >= 0.3 is 0 Å². The Hall–Kier alpha value is -3.02. The predicted octanol–water partition coefficient (Wildman–Crippen LogP) is 0.851. The topological polar surface area (TPSA) is 117 Å². The van der Waals surface area contributed by atoms with Gasteiger partial charge in [0.2, 0.25) is 16.0 Å². The maximum Gasteiger partial charge on any atom is 0.241 e. The van der Waals surface area contributed by atoms with Crippen molar-refractivity contribution < 1.29 is 13.5 Å². The molecule has 1 aliphatic rings. The van der Waals surface area contributed by atoms with E-state index in [-0.39, 0.29) is 12.6 Å². The third kappa shape index (κ3) is 3.30. The summed E-state index contributed by atoms with van der Waals surface area (Å²) in [4.78, 5) is 8.57. The third-order valence-corrected chi connectivity index (χ3v) is 6.71. The molecule has 5 rings (SSSR count). The molecule has 0 amide bonds. The molecule has 0 aliphatic carbocycles. The van der Waals surface area contributed by atoms with Crippen molar-refractivity contribution in [1.82, 2.24) is 28.3 Å². The zero-order valence-electron chi connectivity index (χ0n) is 16.3. The third-order valence-electron chi connectivity index (χ3n) is 5.44. The Balaban J connectivity index is 1.45. The molecule has 11 heteroatoms. The molecule has 156 valence electrons. The van der Waals surface area contributed by atoms with Crippen LogP contribution < -0.4 is 5.32 Å². The maximum atomic E-state index is 11.7. The van der Waals surface area contributed by atoms with Gasteiger partial charge in [0.15, 0.2) is 0 Å². The number of hydrogen-bond acceptors (Lipinski definition) is 7. The van der Waals surface area contributed by atoms with E-state index in [1.54, 1.807) is 23.2 Å². The van der Waals surface area contributed by atoms with Gasteiger partial charge in [0.25, 0.3) is 0 Å². The lowest BCUT2D eigenvalue weighted by molar-refractivity contribution is 0.0950. The Labute approximate surface area is 172 Å². The Morgan fingerprint density at radius 1 is 1.13 bits per heavy atom. The molecule has 4 aromatic rings. The first-order valence-electron chi connectivity index (χ1n) is 9.56. The second kappa shape index (κ2) is 7.04. The van der Waals surface area contributed by atoms with Gasteiger partial charge < -0.3 is 10.4 Å². The van der Waals surface area contributed by atoms with Gasteiger partial charge in [-0.1, -0.05) is 6.07 Å². The Morgan fingerprint density at radius 3 is 2.80 bits per heavy atom. The summed E-state index contributed by atoms with van der Waals surface area (Å²) in [7, 11) is -3.32. The number of aliphatic hydroxyl groups is 1. The fourth-order valence-corrected chi connectivity index (χ4v) is 4.72. The summed E-state index contributed by atoms with van der Waals surface area (Å²) in [6.45, 7) is 0.392. The predicted molar refractivity (Wildman–Crippen MR) is 112 cm³/mol. The number of piperidine rings is 1. The highest BCUT2D eigenvalue weighted by atomic mass is 32.2. The summed E-state index contributed by atoms with van der Waals surface area (Å²) in [6, 6.07) is 9.53. The van der Waals surface area contributed by atoms with Crippen LogP contribution in [0.4, 0.5) is 5.95 Å². The molecular formula is C19H21N7O3S. The molecule has 0 unspecified atom stereocenters. The minimum atomic E-state index is -3.32. The van der Waals surface area contributed by atoms with Crippen LogP contribution in [0, 0.1) is 0 Å². The second-order valence-electron chi connectivity index (χ2n) is 7.46. The van der Waals surface area contributed by atoms with Crippen LogP contribution in [0.15, 0.2) is 49.1 Å². The molecule has 1 fully saturated rings. The number of nitrogens with zero attached hydrogens (tertiary/aromatic N) is 6. The number of imidazole rings is 1. The molecule has 0 aromatic carbocycles. The van der Waals surface area contributed by atoms with Gasteiger partial charge in [-0.05, 0) is 30.7 Å². The second-order valence-corrected chi connectivity index (χ2v) is 9.45. The van der Waals surface area contributed by atoms with Crippen molar-refractivity contribution in [2.75, 3.05) is 24.7 Å². The summed E-state index contributed by atoms with van der Waals surface area (Å²) in [5, 5.41) is 18.2. The first kappa shape index (κ1) is 19.0. The summed E-state index contributed by atoms with van der Waals surface area (Å²) in [5.74, 6) is 0.370. The molecule has 1 saturated heterocycles. The van der Waals surface area contributed by atoms with Crippen LogP contribution in [0.3, 0.4) is 0 Å². The van der Waals surface area contributed by atoms with Crippen LogP contribution in [0.5, 0.6) is 0 Å². The van der Waals surface area contributed by atoms with E-state index in [1.807, 2.05) is 34.7 Å². The van der Waals surface area contributed by atoms with E-state index in [1.165, 1.54) is 4.31 Å². The van der Waals surface area contributed by atoms with Gasteiger partial charge in [-0.2, -0.15) is 4.31 Å². The van der Waals surface area contributed by atoms with Crippen LogP contribution >= 0.6 is 0 Å². The van der Waals surface area contributed by atoms with E-state index < -0.39 is 16.1 Å². The number of hydrogen-bond donors (Lipinski definition) is 2. The van der Waals surface area contributed by atoms with Crippen LogP contribution in [0.2, 0.25) is 0 Å². The van der Waals surface area contributed by atoms with Crippen molar-refractivity contribution in [2.24, 2.45) is 0 Å². The van der Waals surface area contributed by atoms with Crippen molar-refractivity contribution >= 4 is 27.0 Å². The molecule has 2 atom stereocenters. The Kier molecular flexibility index (Phi) is 4.45. The number of rotatable bonds is 4. The van der Waals surface area contributed by atoms with Gasteiger partial charge in [-0.15, -0.1) is 5.10 Å². The number of anilines is 1. The molecule has 2 N–H and O–H groups in total. The van der Waals surface area contributed by atoms with E-state index in [0.717, 1.165) is 28.7 Å². The number of aromatic nitrogens is 5. The molecule has 0 spiro atoms. The Morgan fingerprint density at radius 2 is 2.00 bits per heavy atom. The van der Waals surface area contributed by atoms with Crippen molar-refractivity contribution in [1.29, 1.82) is 0 Å². The SMILES string of the molecule is CS(=O)(=O)N1CC[C@@H](Nc2ncc3ccc(-c4cccc5cncn45)n3n2)[C@H](O)C1. The van der Waals surface area contributed by atoms with Gasteiger partial charge in [-0.3, -0.25) is 4.40 Å². The Bertz CT molecular complexity index is 1330. The molecule has 0 radical (unpaired) electrons. The van der Waals surface area contributed by atoms with Crippen molar-refractivity contribution in [3.63, 3.8) is 0 Å². The van der Waals surface area contributed by atoms with Crippen LogP contribution in [-0.4, -0.2) is 73.3 Å². The van der Waals surface area contributed by atoms with Crippen LogP contribution in [0.1, 0.15) is 6.42 Å². The number of sulfonamides is 1. The van der Waals surface area contributed by atoms with Crippen molar-refractivity contribution in [3.05, 3.63) is 49.1 Å². The summed E-state index contributed by atoms with van der Waals surface area (Å²) in [5.41, 5.74) is 3.64. The number of nitrogens with one attached hydrogen (secondary N) is 1. The molecule has 5 heterocycles. The van der Waals surface area contributed by atoms with Crippen LogP contribution in [0.25, 0.3) is 22.4 Å². The largest absolute Gasteiger partial charge is 0.390 e. The molecule has 1 aliphatic heterocycles. The fraction of sp³-hybridized carbons (Fsp3) is 0.316. The fourth-order valence-electron chi connectivity index (χ4n) is 3.86. The average Bonchev–Trinajstić information content (AvgIpc) is 3.35. The highest BCUT2D eigenvalue weighted by molar-refractivity contribution is 7.88. The van der Waals surface area contributed by atoms with Gasteiger partial charge in [0, 0.05) is 13.1 Å². The number of aliphatic hydroxyl groups excluding tert-OH is 1. The van der Waals surface area contributed by atoms with E-state index in [2.05, 4.69) is 20.4 Å². The first-order valence-corrected chi connectivity index (χ1v) is 11.4. The minimum Gasteiger partial charge on any atom is -0.390 e. The normalized spacial score (nSPS) is 20.7. The summed E-state index contributed by atoms with van der Waals surface area (Å²) >= 11 is 0. The summed E-state index contributed by atoms with van der Waals surface area (Å²) in [6.07, 6.45) is 6.03. The molecule has 0 saturated carbocycles. The average molecular weight is 427 g/mol. The maximum absolute atomic E-state index is 11.7. The number of fused-ring (bicyclic) bond motifs is 2. The summed E-state index contributed by atoms with van der Waals surface area (Å²) < 4.78 is 28.5. The zero-order chi connectivity index (χ0) is 20.9. The van der Waals surface area contributed by atoms with Gasteiger partial charge in [-0.25, -0.2) is 22.9 Å². The van der Waals surface area contributed by atoms with Crippen molar-refractivity contribution in [3.8, 4) is 11.4 Å². The monoisotopic (exact) mass is 427 g/mol. The highest BCUT2D eigenvalue weighted by Crippen LogP contribution is 2.24. The number of pyridine rings is 1. The van der Waals surface area contributed by atoms with E-state index in [9.17, 15) is 13.5 Å². The van der Waals surface area contributed by atoms with Crippen LogP contribution in [-0.2, 0) is 10.0 Å². The van der Waals surface area contributed by atoms with Crippen molar-refractivity contribution in [2.45, 2.75) is 18.6 Å². The lowest BCUT2D eigenvalue weighted by Crippen LogP contribution is -2.51. The smallest absolute Gasteiger partial charge is 0.241 e. The minimum absolute atomic E-state index is 0.0517. The highest BCUT2D eigenvalue weighted by Gasteiger charge is 2.32. The zero-order valence-corrected chi connectivity index (χ0v) is 17.1. The first-order chi connectivity index (χ1) is 14.4. The molecule has 4 aromatic heterocycles. The standard InChI is InChI=1S/C19H21N7O3S/c1-30(28,29)24-8-7-15(18(27)11-24)22-19-21-10-14-5-6-17(26(14)23-19)16-4-2-3-13-9-20-12-25(13)16/h2-6,9-10,12,15,18,27H,7-8,11H2,1H3,(H,22,23)/t15-,18-/m1/s1. The molecule has 10 nitrogen and oxygen atoms in total.